The maximum absolute atomic E-state index is 3.71. The number of rotatable bonds is 2. The Kier molecular flexibility index (Phi) is 6.22. The molecule has 0 saturated carbocycles. The molecule has 1 aliphatic heterocycles. The van der Waals surface area contributed by atoms with Gasteiger partial charge in [0.05, 0.1) is 0 Å². The third-order valence-electron chi connectivity index (χ3n) is 1.86. The summed E-state index contributed by atoms with van der Waals surface area (Å²) in [5.74, 6) is 0. The summed E-state index contributed by atoms with van der Waals surface area (Å²) in [4.78, 5) is 0. The predicted octanol–water partition coefficient (Wildman–Crippen LogP) is -1.18. The predicted molar refractivity (Wildman–Crippen MR) is 41.6 cm³/mol. The van der Waals surface area contributed by atoms with Gasteiger partial charge in [-0.15, -0.1) is 6.58 Å². The molecule has 1 N–H and O–H groups in total. The van der Waals surface area contributed by atoms with Gasteiger partial charge in [0.2, 0.25) is 0 Å². The Bertz CT molecular complexity index is 92.1. The van der Waals surface area contributed by atoms with E-state index in [1.807, 2.05) is 6.08 Å². The Morgan fingerprint density at radius 2 is 2.40 bits per heavy atom. The average Bonchev–Trinajstić information content (AvgIpc) is 1.91. The number of nitrogens with one attached hydrogen (secondary N) is 1. The number of piperidine rings is 1. The van der Waals surface area contributed by atoms with Crippen molar-refractivity contribution < 1.29 is 20.3 Å². The van der Waals surface area contributed by atoms with Crippen molar-refractivity contribution in [3.63, 3.8) is 0 Å². The molecule has 1 unspecified atom stereocenters. The van der Waals surface area contributed by atoms with Gasteiger partial charge in [-0.05, 0) is 25.8 Å². The Hall–Kier alpha value is 0.297. The second-order valence-corrected chi connectivity index (χ2v) is 2.67. The van der Waals surface area contributed by atoms with E-state index in [0.717, 1.165) is 12.5 Å². The first kappa shape index (κ1) is 10.3. The van der Waals surface area contributed by atoms with E-state index in [2.05, 4.69) is 11.9 Å². The molecule has 0 amide bonds. The molecule has 0 aromatic carbocycles. The minimum absolute atomic E-state index is 0. The summed E-state index contributed by atoms with van der Waals surface area (Å²) in [6.07, 6.45) is 7.23. The van der Waals surface area contributed by atoms with Crippen molar-refractivity contribution in [2.24, 2.45) is 0 Å². The van der Waals surface area contributed by atoms with Crippen LogP contribution in [0.3, 0.4) is 0 Å². The van der Waals surface area contributed by atoms with Crippen LogP contribution in [-0.2, 0) is 0 Å². The van der Waals surface area contributed by atoms with Crippen LogP contribution in [0.4, 0.5) is 0 Å². The molecule has 0 aromatic heterocycles. The van der Waals surface area contributed by atoms with Crippen LogP contribution in [0.5, 0.6) is 0 Å². The second kappa shape index (κ2) is 6.04. The van der Waals surface area contributed by atoms with E-state index >= 15 is 0 Å². The van der Waals surface area contributed by atoms with E-state index in [0.29, 0.717) is 0 Å². The fraction of sp³-hybridized carbons (Fsp3) is 0.750. The van der Waals surface area contributed by atoms with Gasteiger partial charge in [-0.25, -0.2) is 0 Å². The van der Waals surface area contributed by atoms with Crippen LogP contribution in [0.2, 0.25) is 0 Å². The third kappa shape index (κ3) is 3.46. The molecule has 2 heteroatoms. The van der Waals surface area contributed by atoms with E-state index < -0.39 is 0 Å². The first-order chi connectivity index (χ1) is 4.43. The third-order valence-corrected chi connectivity index (χ3v) is 1.86. The summed E-state index contributed by atoms with van der Waals surface area (Å²) in [6, 6.07) is 0.733. The van der Waals surface area contributed by atoms with Gasteiger partial charge in [0.1, 0.15) is 0 Å². The Morgan fingerprint density at radius 1 is 1.60 bits per heavy atom. The zero-order valence-electron chi connectivity index (χ0n) is 7.90. The molecule has 1 aliphatic rings. The van der Waals surface area contributed by atoms with Crippen LogP contribution >= 0.6 is 0 Å². The largest absolute Gasteiger partial charge is 1.00 e. The molecule has 1 atom stereocenters. The van der Waals surface area contributed by atoms with Crippen LogP contribution in [-0.4, -0.2) is 12.6 Å². The smallest absolute Gasteiger partial charge is 1.00 e. The van der Waals surface area contributed by atoms with Gasteiger partial charge >= 0.3 is 18.9 Å². The molecule has 10 heavy (non-hydrogen) atoms. The average molecular weight is 133 g/mol. The zero-order chi connectivity index (χ0) is 6.53. The summed E-state index contributed by atoms with van der Waals surface area (Å²) < 4.78 is 0. The SMILES string of the molecule is C=CCC1CCCCN1.[H-].[Li+]. The Balaban J connectivity index is 0. The van der Waals surface area contributed by atoms with Crippen molar-refractivity contribution in [3.05, 3.63) is 12.7 Å². The topological polar surface area (TPSA) is 12.0 Å². The second-order valence-electron chi connectivity index (χ2n) is 2.67. The molecule has 54 valence electrons. The van der Waals surface area contributed by atoms with Gasteiger partial charge < -0.3 is 6.74 Å². The van der Waals surface area contributed by atoms with Gasteiger partial charge in [0, 0.05) is 6.04 Å². The summed E-state index contributed by atoms with van der Waals surface area (Å²) in [7, 11) is 0. The van der Waals surface area contributed by atoms with E-state index in [9.17, 15) is 0 Å². The molecule has 1 nitrogen and oxygen atoms in total. The number of hydrogen-bond donors (Lipinski definition) is 1. The van der Waals surface area contributed by atoms with E-state index in [1.54, 1.807) is 0 Å². The monoisotopic (exact) mass is 133 g/mol. The maximum atomic E-state index is 3.71. The van der Waals surface area contributed by atoms with Gasteiger partial charge in [-0.2, -0.15) is 0 Å². The van der Waals surface area contributed by atoms with E-state index in [1.165, 1.54) is 25.8 Å². The van der Waals surface area contributed by atoms with Crippen molar-refractivity contribution in [1.29, 1.82) is 0 Å². The minimum atomic E-state index is 0. The molecule has 0 spiro atoms. The molecular formula is C8H16LiN. The van der Waals surface area contributed by atoms with Gasteiger partial charge in [0.25, 0.3) is 0 Å². The fourth-order valence-electron chi connectivity index (χ4n) is 1.33. The molecule has 0 aliphatic carbocycles. The molecule has 0 aromatic rings. The van der Waals surface area contributed by atoms with Crippen molar-refractivity contribution in [2.45, 2.75) is 31.7 Å². The molecule has 1 rings (SSSR count). The quantitative estimate of drug-likeness (QED) is 0.369. The van der Waals surface area contributed by atoms with Crippen molar-refractivity contribution in [2.75, 3.05) is 6.54 Å². The zero-order valence-corrected chi connectivity index (χ0v) is 6.90. The van der Waals surface area contributed by atoms with Gasteiger partial charge in [-0.1, -0.05) is 12.5 Å². The van der Waals surface area contributed by atoms with Crippen LogP contribution in [0, 0.1) is 0 Å². The first-order valence-corrected chi connectivity index (χ1v) is 3.78. The molecule has 1 fully saturated rings. The summed E-state index contributed by atoms with van der Waals surface area (Å²) in [5, 5.41) is 3.45. The minimum Gasteiger partial charge on any atom is -1.00 e. The molecule has 1 saturated heterocycles. The fourth-order valence-corrected chi connectivity index (χ4v) is 1.33. The van der Waals surface area contributed by atoms with Crippen LogP contribution in [0.1, 0.15) is 27.1 Å². The summed E-state index contributed by atoms with van der Waals surface area (Å²) >= 11 is 0. The molecular weight excluding hydrogens is 117 g/mol. The normalized spacial score (nSPS) is 25.0. The van der Waals surface area contributed by atoms with E-state index in [-0.39, 0.29) is 20.3 Å². The maximum Gasteiger partial charge on any atom is 1.00 e. The molecule has 1 heterocycles. The molecule has 0 radical (unpaired) electrons. The standard InChI is InChI=1S/C8H15N.Li.H/c1-2-5-8-6-3-4-7-9-8;;/h2,8-9H,1,3-7H2;;/q;+1;-1. The summed E-state index contributed by atoms with van der Waals surface area (Å²) in [6.45, 7) is 4.92. The van der Waals surface area contributed by atoms with E-state index in [4.69, 9.17) is 0 Å². The molecule has 0 bridgehead atoms. The number of hydrogen-bond acceptors (Lipinski definition) is 1. The summed E-state index contributed by atoms with van der Waals surface area (Å²) in [5.41, 5.74) is 0. The van der Waals surface area contributed by atoms with Crippen molar-refractivity contribution in [3.8, 4) is 0 Å². The van der Waals surface area contributed by atoms with Crippen molar-refractivity contribution >= 4 is 0 Å². The first-order valence-electron chi connectivity index (χ1n) is 3.78. The Labute approximate surface area is 76.9 Å². The van der Waals surface area contributed by atoms with Crippen molar-refractivity contribution in [1.82, 2.24) is 5.32 Å². The van der Waals surface area contributed by atoms with Crippen LogP contribution in [0.25, 0.3) is 0 Å². The van der Waals surface area contributed by atoms with Gasteiger partial charge in [-0.3, -0.25) is 0 Å². The van der Waals surface area contributed by atoms with Gasteiger partial charge in [0.15, 0.2) is 0 Å². The van der Waals surface area contributed by atoms with Crippen LogP contribution < -0.4 is 24.2 Å². The van der Waals surface area contributed by atoms with Crippen LogP contribution in [0.15, 0.2) is 12.7 Å². The Morgan fingerprint density at radius 3 is 2.90 bits per heavy atom.